The minimum Gasteiger partial charge on any atom is -0.449 e. The molecule has 1 unspecified atom stereocenters. The Morgan fingerprint density at radius 3 is 2.44 bits per heavy atom. The van der Waals surface area contributed by atoms with E-state index >= 15 is 0 Å². The number of anilines is 1. The summed E-state index contributed by atoms with van der Waals surface area (Å²) in [5.74, 6) is 0.311. The molecule has 1 atom stereocenters. The van der Waals surface area contributed by atoms with Crippen molar-refractivity contribution in [3.63, 3.8) is 0 Å². The molecule has 2 aromatic carbocycles. The van der Waals surface area contributed by atoms with Crippen LogP contribution in [0.15, 0.2) is 48.5 Å². The number of fused-ring (bicyclic) bond motifs is 3. The van der Waals surface area contributed by atoms with E-state index < -0.39 is 12.1 Å². The highest BCUT2D eigenvalue weighted by Gasteiger charge is 2.29. The van der Waals surface area contributed by atoms with Crippen molar-refractivity contribution in [1.29, 1.82) is 0 Å². The van der Waals surface area contributed by atoms with Crippen LogP contribution in [-0.2, 0) is 9.53 Å². The number of carbonyl (C=O) groups is 2. The van der Waals surface area contributed by atoms with Crippen molar-refractivity contribution in [1.82, 2.24) is 15.5 Å². The van der Waals surface area contributed by atoms with Crippen molar-refractivity contribution in [2.75, 3.05) is 23.9 Å². The second kappa shape index (κ2) is 10.3. The molecule has 7 nitrogen and oxygen atoms in total. The molecular formula is C22H22N4O3S3. The number of amides is 2. The topological polar surface area (TPSA) is 96.1 Å². The lowest BCUT2D eigenvalue weighted by Crippen LogP contribution is -2.44. The van der Waals surface area contributed by atoms with Gasteiger partial charge in [-0.3, -0.25) is 15.2 Å². The summed E-state index contributed by atoms with van der Waals surface area (Å²) in [6.07, 6.45) is 1.79. The maximum atomic E-state index is 12.7. The quantitative estimate of drug-likeness (QED) is 0.396. The zero-order valence-electron chi connectivity index (χ0n) is 17.3. The van der Waals surface area contributed by atoms with Gasteiger partial charge in [-0.15, -0.1) is 5.10 Å². The van der Waals surface area contributed by atoms with Crippen molar-refractivity contribution >= 4 is 52.4 Å². The van der Waals surface area contributed by atoms with Gasteiger partial charge in [-0.25, -0.2) is 4.79 Å². The first-order chi connectivity index (χ1) is 15.6. The average molecular weight is 487 g/mol. The third kappa shape index (κ3) is 5.03. The number of H-pyrrole nitrogens is 1. The van der Waals surface area contributed by atoms with Crippen LogP contribution in [0.2, 0.25) is 0 Å². The maximum absolute atomic E-state index is 12.7. The highest BCUT2D eigenvalue weighted by molar-refractivity contribution is 7.98. The first-order valence-corrected chi connectivity index (χ1v) is 12.7. The van der Waals surface area contributed by atoms with Crippen molar-refractivity contribution in [2.45, 2.75) is 18.4 Å². The molecule has 3 aromatic rings. The molecule has 10 heteroatoms. The Hall–Kier alpha value is -2.69. The molecule has 1 heterocycles. The largest absolute Gasteiger partial charge is 0.449 e. The predicted molar refractivity (Wildman–Crippen MR) is 131 cm³/mol. The zero-order valence-corrected chi connectivity index (χ0v) is 19.7. The Balaban J connectivity index is 1.41. The Labute approximate surface area is 199 Å². The summed E-state index contributed by atoms with van der Waals surface area (Å²) in [4.78, 5) is 25.3. The first kappa shape index (κ1) is 22.5. The highest BCUT2D eigenvalue weighted by atomic mass is 32.2. The van der Waals surface area contributed by atoms with Gasteiger partial charge in [0.05, 0.1) is 0 Å². The van der Waals surface area contributed by atoms with Crippen LogP contribution in [0.3, 0.4) is 0 Å². The van der Waals surface area contributed by atoms with Crippen LogP contribution >= 0.6 is 35.3 Å². The lowest BCUT2D eigenvalue weighted by Gasteiger charge is -2.19. The number of rotatable bonds is 8. The molecule has 32 heavy (non-hydrogen) atoms. The van der Waals surface area contributed by atoms with Crippen LogP contribution in [0.25, 0.3) is 11.1 Å². The Morgan fingerprint density at radius 1 is 1.19 bits per heavy atom. The molecule has 1 aliphatic carbocycles. The van der Waals surface area contributed by atoms with Gasteiger partial charge in [0.2, 0.25) is 11.0 Å². The van der Waals surface area contributed by atoms with E-state index in [-0.39, 0.29) is 18.4 Å². The molecule has 166 valence electrons. The highest BCUT2D eigenvalue weighted by Crippen LogP contribution is 2.44. The predicted octanol–water partition coefficient (Wildman–Crippen LogP) is 4.80. The number of alkyl carbamates (subject to hydrolysis) is 1. The number of hydrogen-bond acceptors (Lipinski definition) is 7. The molecule has 1 aliphatic rings. The summed E-state index contributed by atoms with van der Waals surface area (Å²) < 4.78 is 6.05. The lowest BCUT2D eigenvalue weighted by molar-refractivity contribution is -0.118. The van der Waals surface area contributed by atoms with Crippen LogP contribution < -0.4 is 10.6 Å². The molecule has 0 saturated carbocycles. The van der Waals surface area contributed by atoms with Crippen molar-refractivity contribution in [2.24, 2.45) is 0 Å². The van der Waals surface area contributed by atoms with Crippen LogP contribution in [0.4, 0.5) is 9.93 Å². The summed E-state index contributed by atoms with van der Waals surface area (Å²) >= 11 is 7.74. The number of nitrogens with zero attached hydrogens (tertiary/aromatic N) is 1. The molecule has 4 rings (SSSR count). The number of benzene rings is 2. The van der Waals surface area contributed by atoms with E-state index in [1.54, 1.807) is 11.8 Å². The normalized spacial score (nSPS) is 13.2. The van der Waals surface area contributed by atoms with Crippen molar-refractivity contribution < 1.29 is 14.3 Å². The smallest absolute Gasteiger partial charge is 0.407 e. The third-order valence-corrected chi connectivity index (χ3v) is 6.88. The molecule has 0 spiro atoms. The molecule has 0 fully saturated rings. The molecule has 0 bridgehead atoms. The van der Waals surface area contributed by atoms with E-state index in [9.17, 15) is 9.59 Å². The van der Waals surface area contributed by atoms with Crippen LogP contribution in [-0.4, -0.2) is 46.9 Å². The summed E-state index contributed by atoms with van der Waals surface area (Å²) in [7, 11) is 0. The maximum Gasteiger partial charge on any atom is 0.407 e. The second-order valence-electron chi connectivity index (χ2n) is 7.21. The van der Waals surface area contributed by atoms with E-state index in [1.165, 1.54) is 0 Å². The van der Waals surface area contributed by atoms with Gasteiger partial charge in [-0.1, -0.05) is 59.9 Å². The molecule has 0 saturated heterocycles. The van der Waals surface area contributed by atoms with Gasteiger partial charge in [-0.2, -0.15) is 11.8 Å². The average Bonchev–Trinajstić information content (AvgIpc) is 3.35. The number of aromatic amines is 1. The monoisotopic (exact) mass is 486 g/mol. The Morgan fingerprint density at radius 2 is 1.84 bits per heavy atom. The summed E-state index contributed by atoms with van der Waals surface area (Å²) in [5.41, 5.74) is 4.60. The number of thioether (sulfide) groups is 1. The number of hydrogen-bond donors (Lipinski definition) is 3. The van der Waals surface area contributed by atoms with Crippen molar-refractivity contribution in [3.8, 4) is 11.1 Å². The fraction of sp³-hybridized carbons (Fsp3) is 0.273. The molecular weight excluding hydrogens is 464 g/mol. The summed E-state index contributed by atoms with van der Waals surface area (Å²) in [5, 5.41) is 12.3. The summed E-state index contributed by atoms with van der Waals surface area (Å²) in [6.45, 7) is 0.192. The van der Waals surface area contributed by atoms with Gasteiger partial charge in [0.1, 0.15) is 12.6 Å². The molecule has 0 aliphatic heterocycles. The number of ether oxygens (including phenoxy) is 1. The Kier molecular flexibility index (Phi) is 7.23. The van der Waals surface area contributed by atoms with E-state index in [0.29, 0.717) is 21.3 Å². The van der Waals surface area contributed by atoms with Gasteiger partial charge in [0.25, 0.3) is 0 Å². The first-order valence-electron chi connectivity index (χ1n) is 10.0. The van der Waals surface area contributed by atoms with Gasteiger partial charge in [-0.05, 0) is 52.9 Å². The van der Waals surface area contributed by atoms with E-state index in [0.717, 1.165) is 33.6 Å². The fourth-order valence-electron chi connectivity index (χ4n) is 3.76. The van der Waals surface area contributed by atoms with Crippen LogP contribution in [0.1, 0.15) is 23.5 Å². The minimum absolute atomic E-state index is 0.0389. The van der Waals surface area contributed by atoms with Crippen LogP contribution in [0, 0.1) is 3.95 Å². The molecule has 2 amide bonds. The standard InChI is InChI=1S/C22H22N4O3S3/c1-31-11-10-18(19(27)24-20-25-26-22(30)32-20)23-21(28)29-12-17-15-8-4-2-6-13(15)14-7-3-5-9-16(14)17/h2-9,17-18H,10-12H2,1H3,(H,23,28)(H,26,30)(H,24,25,27). The fourth-order valence-corrected chi connectivity index (χ4v) is 5.03. The third-order valence-electron chi connectivity index (χ3n) is 5.23. The van der Waals surface area contributed by atoms with Gasteiger partial charge in [0, 0.05) is 5.92 Å². The molecule has 1 aromatic heterocycles. The van der Waals surface area contributed by atoms with E-state index in [1.807, 2.05) is 30.5 Å². The Bertz CT molecular complexity index is 1130. The summed E-state index contributed by atoms with van der Waals surface area (Å²) in [6, 6.07) is 15.6. The zero-order chi connectivity index (χ0) is 22.5. The van der Waals surface area contributed by atoms with Crippen LogP contribution in [0.5, 0.6) is 0 Å². The second-order valence-corrected chi connectivity index (χ2v) is 9.86. The minimum atomic E-state index is -0.740. The van der Waals surface area contributed by atoms with Gasteiger partial charge < -0.3 is 10.1 Å². The number of aromatic nitrogens is 2. The SMILES string of the molecule is CSCCC(NC(=O)OCC1c2ccccc2-c2ccccc21)C(=O)Nc1n[nH]c(=S)s1. The number of carbonyl (C=O) groups excluding carboxylic acids is 2. The molecule has 0 radical (unpaired) electrons. The lowest BCUT2D eigenvalue weighted by atomic mass is 9.98. The van der Waals surface area contributed by atoms with Gasteiger partial charge in [0.15, 0.2) is 3.95 Å². The molecule has 3 N–H and O–H groups in total. The van der Waals surface area contributed by atoms with Gasteiger partial charge >= 0.3 is 6.09 Å². The van der Waals surface area contributed by atoms with E-state index in [4.69, 9.17) is 17.0 Å². The van der Waals surface area contributed by atoms with E-state index in [2.05, 4.69) is 45.1 Å². The van der Waals surface area contributed by atoms with Crippen molar-refractivity contribution in [3.05, 3.63) is 63.6 Å². The number of nitrogens with one attached hydrogen (secondary N) is 3.